The number of primary amides is 1. The molecule has 0 aliphatic carbocycles. The molecule has 3 rings (SSSR count). The van der Waals surface area contributed by atoms with Gasteiger partial charge < -0.3 is 15.4 Å². The van der Waals surface area contributed by atoms with Gasteiger partial charge in [0.2, 0.25) is 0 Å². The van der Waals surface area contributed by atoms with Crippen molar-refractivity contribution in [3.63, 3.8) is 0 Å². The largest absolute Gasteiger partial charge is 0.490 e. The Kier molecular flexibility index (Phi) is 5.11. The van der Waals surface area contributed by atoms with Crippen LogP contribution in [-0.2, 0) is 6.42 Å². The molecule has 0 saturated carbocycles. The van der Waals surface area contributed by atoms with E-state index in [9.17, 15) is 4.79 Å². The van der Waals surface area contributed by atoms with E-state index in [1.807, 2.05) is 6.92 Å². The van der Waals surface area contributed by atoms with Gasteiger partial charge in [-0.3, -0.25) is 9.78 Å². The van der Waals surface area contributed by atoms with Crippen LogP contribution in [0.3, 0.4) is 0 Å². The lowest BCUT2D eigenvalue weighted by Crippen LogP contribution is -2.39. The van der Waals surface area contributed by atoms with Gasteiger partial charge in [0.1, 0.15) is 29.2 Å². The monoisotopic (exact) mass is 341 g/mol. The molecule has 3 heterocycles. The van der Waals surface area contributed by atoms with Crippen LogP contribution in [0.2, 0.25) is 0 Å². The van der Waals surface area contributed by atoms with Gasteiger partial charge in [0.05, 0.1) is 0 Å². The number of anilines is 1. The smallest absolute Gasteiger partial charge is 0.267 e. The molecular formula is C18H23N5O2. The lowest BCUT2D eigenvalue weighted by Gasteiger charge is -2.33. The maximum Gasteiger partial charge on any atom is 0.267 e. The van der Waals surface area contributed by atoms with Crippen molar-refractivity contribution in [2.45, 2.75) is 39.2 Å². The fourth-order valence-electron chi connectivity index (χ4n) is 2.97. The van der Waals surface area contributed by atoms with E-state index in [0.29, 0.717) is 5.75 Å². The number of nitrogens with zero attached hydrogens (tertiary/aromatic N) is 4. The highest BCUT2D eigenvalue weighted by Gasteiger charge is 2.22. The number of carbonyl (C=O) groups is 1. The normalized spacial score (nSPS) is 15.2. The minimum absolute atomic E-state index is 0.105. The van der Waals surface area contributed by atoms with Crippen LogP contribution in [0, 0.1) is 6.92 Å². The number of rotatable bonds is 5. The van der Waals surface area contributed by atoms with E-state index in [1.54, 1.807) is 18.3 Å². The molecule has 2 aromatic heterocycles. The number of amides is 1. The second-order valence-electron chi connectivity index (χ2n) is 6.16. The fourth-order valence-corrected chi connectivity index (χ4v) is 2.97. The highest BCUT2D eigenvalue weighted by Crippen LogP contribution is 2.23. The van der Waals surface area contributed by atoms with Crippen LogP contribution in [0.4, 0.5) is 5.82 Å². The third-order valence-corrected chi connectivity index (χ3v) is 4.29. The van der Waals surface area contributed by atoms with Crippen LogP contribution >= 0.6 is 0 Å². The van der Waals surface area contributed by atoms with E-state index in [2.05, 4.69) is 32.8 Å². The fraction of sp³-hybridized carbons (Fsp3) is 0.444. The highest BCUT2D eigenvalue weighted by atomic mass is 16.5. The van der Waals surface area contributed by atoms with E-state index in [1.165, 1.54) is 0 Å². The summed E-state index contributed by atoms with van der Waals surface area (Å²) in [4.78, 5) is 26.4. The first kappa shape index (κ1) is 17.1. The molecule has 1 amide bonds. The predicted octanol–water partition coefficient (Wildman–Crippen LogP) is 1.89. The number of aryl methyl sites for hydroxylation is 2. The van der Waals surface area contributed by atoms with Gasteiger partial charge in [-0.15, -0.1) is 0 Å². The van der Waals surface area contributed by atoms with Crippen molar-refractivity contribution in [1.29, 1.82) is 0 Å². The van der Waals surface area contributed by atoms with Crippen LogP contribution in [0.5, 0.6) is 5.75 Å². The first-order chi connectivity index (χ1) is 12.0. The average molecular weight is 341 g/mol. The van der Waals surface area contributed by atoms with Crippen LogP contribution in [0.1, 0.15) is 41.8 Å². The third kappa shape index (κ3) is 4.23. The Hall–Kier alpha value is -2.70. The number of nitrogens with two attached hydrogens (primary N) is 1. The van der Waals surface area contributed by atoms with Crippen molar-refractivity contribution in [2.75, 3.05) is 18.0 Å². The Labute approximate surface area is 147 Å². The number of carbonyl (C=O) groups excluding carboxylic acids is 1. The maximum absolute atomic E-state index is 11.2. The van der Waals surface area contributed by atoms with Crippen molar-refractivity contribution < 1.29 is 9.53 Å². The SMILES string of the molecule is CCc1cc(N2CCC(Oc3ccnc(C(N)=O)c3)CC2)nc(C)n1. The van der Waals surface area contributed by atoms with Crippen LogP contribution in [-0.4, -0.2) is 40.1 Å². The summed E-state index contributed by atoms with van der Waals surface area (Å²) in [6.45, 7) is 5.77. The Balaban J connectivity index is 1.61. The van der Waals surface area contributed by atoms with Gasteiger partial charge in [-0.2, -0.15) is 0 Å². The maximum atomic E-state index is 11.2. The Morgan fingerprint density at radius 2 is 2.08 bits per heavy atom. The summed E-state index contributed by atoms with van der Waals surface area (Å²) in [6.07, 6.45) is 4.32. The summed E-state index contributed by atoms with van der Waals surface area (Å²) in [7, 11) is 0. The quantitative estimate of drug-likeness (QED) is 0.892. The van der Waals surface area contributed by atoms with Crippen LogP contribution in [0.15, 0.2) is 24.4 Å². The van der Waals surface area contributed by atoms with Gasteiger partial charge >= 0.3 is 0 Å². The van der Waals surface area contributed by atoms with Crippen molar-refractivity contribution in [1.82, 2.24) is 15.0 Å². The number of hydrogen-bond donors (Lipinski definition) is 1. The van der Waals surface area contributed by atoms with Crippen molar-refractivity contribution in [3.8, 4) is 5.75 Å². The Bertz CT molecular complexity index is 757. The zero-order valence-corrected chi connectivity index (χ0v) is 14.6. The Morgan fingerprint density at radius 1 is 1.32 bits per heavy atom. The van der Waals surface area contributed by atoms with Crippen LogP contribution in [0.25, 0.3) is 0 Å². The van der Waals surface area contributed by atoms with Gasteiger partial charge in [-0.25, -0.2) is 9.97 Å². The molecule has 2 aromatic rings. The van der Waals surface area contributed by atoms with Crippen molar-refractivity contribution in [3.05, 3.63) is 41.6 Å². The van der Waals surface area contributed by atoms with E-state index in [4.69, 9.17) is 10.5 Å². The van der Waals surface area contributed by atoms with E-state index in [0.717, 1.165) is 49.7 Å². The molecule has 1 fully saturated rings. The van der Waals surface area contributed by atoms with Gasteiger partial charge in [0.15, 0.2) is 0 Å². The molecule has 0 bridgehead atoms. The van der Waals surface area contributed by atoms with E-state index >= 15 is 0 Å². The minimum atomic E-state index is -0.550. The second-order valence-corrected chi connectivity index (χ2v) is 6.16. The lowest BCUT2D eigenvalue weighted by atomic mass is 10.1. The molecule has 7 heteroatoms. The van der Waals surface area contributed by atoms with Gasteiger partial charge in [0, 0.05) is 50.0 Å². The number of aromatic nitrogens is 3. The Morgan fingerprint density at radius 3 is 2.76 bits per heavy atom. The molecule has 7 nitrogen and oxygen atoms in total. The zero-order valence-electron chi connectivity index (χ0n) is 14.6. The van der Waals surface area contributed by atoms with Crippen LogP contribution < -0.4 is 15.4 Å². The molecule has 0 radical (unpaired) electrons. The first-order valence-electron chi connectivity index (χ1n) is 8.57. The molecule has 25 heavy (non-hydrogen) atoms. The summed E-state index contributed by atoms with van der Waals surface area (Å²) < 4.78 is 5.99. The standard InChI is InChI=1S/C18H23N5O2/c1-3-13-10-17(22-12(2)21-13)23-8-5-14(6-9-23)25-15-4-7-20-16(11-15)18(19)24/h4,7,10-11,14H,3,5-6,8-9H2,1-2H3,(H2,19,24). The minimum Gasteiger partial charge on any atom is -0.490 e. The zero-order chi connectivity index (χ0) is 17.8. The molecule has 0 atom stereocenters. The molecule has 1 saturated heterocycles. The highest BCUT2D eigenvalue weighted by molar-refractivity contribution is 5.91. The summed E-state index contributed by atoms with van der Waals surface area (Å²) in [6, 6.07) is 5.41. The van der Waals surface area contributed by atoms with Crippen molar-refractivity contribution >= 4 is 11.7 Å². The summed E-state index contributed by atoms with van der Waals surface area (Å²) in [5.74, 6) is 1.88. The molecule has 2 N–H and O–H groups in total. The van der Waals surface area contributed by atoms with Crippen molar-refractivity contribution in [2.24, 2.45) is 5.73 Å². The van der Waals surface area contributed by atoms with Gasteiger partial charge in [-0.1, -0.05) is 6.92 Å². The van der Waals surface area contributed by atoms with Gasteiger partial charge in [-0.05, 0) is 19.4 Å². The first-order valence-corrected chi connectivity index (χ1v) is 8.57. The lowest BCUT2D eigenvalue weighted by molar-refractivity contribution is 0.0994. The molecule has 132 valence electrons. The average Bonchev–Trinajstić information content (AvgIpc) is 2.62. The van der Waals surface area contributed by atoms with E-state index < -0.39 is 5.91 Å². The van der Waals surface area contributed by atoms with Gasteiger partial charge in [0.25, 0.3) is 5.91 Å². The molecular weight excluding hydrogens is 318 g/mol. The molecule has 1 aliphatic rings. The molecule has 0 aromatic carbocycles. The summed E-state index contributed by atoms with van der Waals surface area (Å²) >= 11 is 0. The van der Waals surface area contributed by atoms with E-state index in [-0.39, 0.29) is 11.8 Å². The predicted molar refractivity (Wildman–Crippen MR) is 94.8 cm³/mol. The topological polar surface area (TPSA) is 94.2 Å². The molecule has 0 unspecified atom stereocenters. The third-order valence-electron chi connectivity index (χ3n) is 4.29. The molecule has 0 spiro atoms. The number of pyridine rings is 1. The summed E-state index contributed by atoms with van der Waals surface area (Å²) in [5.41, 5.74) is 6.55. The summed E-state index contributed by atoms with van der Waals surface area (Å²) in [5, 5.41) is 0. The molecule has 1 aliphatic heterocycles. The second kappa shape index (κ2) is 7.46. The number of hydrogen-bond acceptors (Lipinski definition) is 6. The number of ether oxygens (including phenoxy) is 1. The number of piperidine rings is 1.